The van der Waals surface area contributed by atoms with Crippen LogP contribution in [-0.2, 0) is 9.53 Å². The molecule has 2 amide bonds. The molecular formula is C9H14BrNO3. The Morgan fingerprint density at radius 1 is 1.57 bits per heavy atom. The van der Waals surface area contributed by atoms with Crippen molar-refractivity contribution in [2.75, 3.05) is 6.61 Å². The third kappa shape index (κ3) is 2.08. The van der Waals surface area contributed by atoms with E-state index in [1.54, 1.807) is 6.92 Å². The number of carbonyl (C=O) groups is 2. The lowest BCUT2D eigenvalue weighted by atomic mass is 10.0. The number of amides is 2. The van der Waals surface area contributed by atoms with Gasteiger partial charge in [-0.3, -0.25) is 4.79 Å². The summed E-state index contributed by atoms with van der Waals surface area (Å²) in [5, 5.41) is 0. The lowest BCUT2D eigenvalue weighted by Gasteiger charge is -2.23. The van der Waals surface area contributed by atoms with Crippen LogP contribution < -0.4 is 0 Å². The van der Waals surface area contributed by atoms with Crippen molar-refractivity contribution >= 4 is 27.9 Å². The number of imide groups is 1. The van der Waals surface area contributed by atoms with Gasteiger partial charge < -0.3 is 4.74 Å². The number of hydrogen-bond acceptors (Lipinski definition) is 3. The van der Waals surface area contributed by atoms with Crippen LogP contribution in [0.2, 0.25) is 0 Å². The fourth-order valence-corrected chi connectivity index (χ4v) is 1.59. The van der Waals surface area contributed by atoms with Crippen LogP contribution in [0.4, 0.5) is 4.79 Å². The summed E-state index contributed by atoms with van der Waals surface area (Å²) in [6.45, 7) is 5.94. The average molecular weight is 264 g/mol. The van der Waals surface area contributed by atoms with Gasteiger partial charge in [0, 0.05) is 0 Å². The van der Waals surface area contributed by atoms with Crippen molar-refractivity contribution in [3.8, 4) is 0 Å². The van der Waals surface area contributed by atoms with Crippen LogP contribution in [0.5, 0.6) is 0 Å². The topological polar surface area (TPSA) is 46.6 Å². The van der Waals surface area contributed by atoms with Gasteiger partial charge in [0.25, 0.3) is 0 Å². The van der Waals surface area contributed by atoms with Crippen LogP contribution in [0, 0.1) is 5.92 Å². The van der Waals surface area contributed by atoms with Gasteiger partial charge in [-0.15, -0.1) is 0 Å². The summed E-state index contributed by atoms with van der Waals surface area (Å²) in [6.07, 6.45) is -0.528. The Labute approximate surface area is 91.7 Å². The SMILES string of the molecule is CC(Br)C(=O)N1C(=O)OCC1C(C)C. The number of nitrogens with zero attached hydrogens (tertiary/aromatic N) is 1. The minimum Gasteiger partial charge on any atom is -0.447 e. The molecule has 2 atom stereocenters. The molecule has 1 heterocycles. The van der Waals surface area contributed by atoms with Crippen molar-refractivity contribution in [1.82, 2.24) is 4.90 Å². The van der Waals surface area contributed by atoms with E-state index in [1.807, 2.05) is 13.8 Å². The van der Waals surface area contributed by atoms with Crippen LogP contribution >= 0.6 is 15.9 Å². The Morgan fingerprint density at radius 3 is 2.57 bits per heavy atom. The molecule has 14 heavy (non-hydrogen) atoms. The summed E-state index contributed by atoms with van der Waals surface area (Å²) in [5.74, 6) is -0.0112. The molecule has 1 aliphatic heterocycles. The second-order valence-corrected chi connectivity index (χ2v) is 5.09. The highest BCUT2D eigenvalue weighted by atomic mass is 79.9. The van der Waals surface area contributed by atoms with Gasteiger partial charge in [0.2, 0.25) is 5.91 Å². The Morgan fingerprint density at radius 2 is 2.14 bits per heavy atom. The van der Waals surface area contributed by atoms with E-state index in [1.165, 1.54) is 4.90 Å². The molecule has 0 aromatic heterocycles. The van der Waals surface area contributed by atoms with Gasteiger partial charge in [-0.25, -0.2) is 9.69 Å². The largest absolute Gasteiger partial charge is 0.447 e. The van der Waals surface area contributed by atoms with E-state index in [-0.39, 0.29) is 22.7 Å². The first-order valence-corrected chi connectivity index (χ1v) is 5.50. The normalized spacial score (nSPS) is 23.9. The highest BCUT2D eigenvalue weighted by Crippen LogP contribution is 2.21. The van der Waals surface area contributed by atoms with E-state index in [0.717, 1.165) is 0 Å². The highest BCUT2D eigenvalue weighted by molar-refractivity contribution is 9.10. The van der Waals surface area contributed by atoms with Gasteiger partial charge in [0.1, 0.15) is 6.61 Å². The molecular weight excluding hydrogens is 250 g/mol. The van der Waals surface area contributed by atoms with Crippen molar-refractivity contribution < 1.29 is 14.3 Å². The van der Waals surface area contributed by atoms with Gasteiger partial charge in [0.15, 0.2) is 0 Å². The lowest BCUT2D eigenvalue weighted by Crippen LogP contribution is -2.44. The van der Waals surface area contributed by atoms with E-state index in [9.17, 15) is 9.59 Å². The Kier molecular flexibility index (Phi) is 3.53. The molecule has 4 nitrogen and oxygen atoms in total. The average Bonchev–Trinajstić information content (AvgIpc) is 2.45. The van der Waals surface area contributed by atoms with Crippen LogP contribution in [0.15, 0.2) is 0 Å². The quantitative estimate of drug-likeness (QED) is 0.714. The number of rotatable bonds is 2. The van der Waals surface area contributed by atoms with Gasteiger partial charge in [-0.2, -0.15) is 0 Å². The van der Waals surface area contributed by atoms with E-state index >= 15 is 0 Å². The number of carbonyl (C=O) groups excluding carboxylic acids is 2. The minimum absolute atomic E-state index is 0.130. The third-order valence-corrected chi connectivity index (χ3v) is 2.64. The zero-order valence-corrected chi connectivity index (χ0v) is 10.1. The molecule has 1 rings (SSSR count). The van der Waals surface area contributed by atoms with E-state index in [2.05, 4.69) is 15.9 Å². The van der Waals surface area contributed by atoms with Gasteiger partial charge in [-0.05, 0) is 12.8 Å². The maximum atomic E-state index is 11.6. The summed E-state index contributed by atoms with van der Waals surface area (Å²) in [6, 6.07) is -0.130. The van der Waals surface area contributed by atoms with E-state index < -0.39 is 6.09 Å². The standard InChI is InChI=1S/C9H14BrNO3/c1-5(2)7-4-14-9(13)11(7)8(12)6(3)10/h5-7H,4H2,1-3H3. The fraction of sp³-hybridized carbons (Fsp3) is 0.778. The summed E-state index contributed by atoms with van der Waals surface area (Å²) in [4.78, 5) is 23.8. The van der Waals surface area contributed by atoms with Crippen LogP contribution in [0.3, 0.4) is 0 Å². The van der Waals surface area contributed by atoms with Crippen LogP contribution in [-0.4, -0.2) is 34.4 Å². The van der Waals surface area contributed by atoms with Gasteiger partial charge in [0.05, 0.1) is 10.9 Å². The Balaban J connectivity index is 2.82. The first kappa shape index (κ1) is 11.5. The zero-order valence-electron chi connectivity index (χ0n) is 8.49. The summed E-state index contributed by atoms with van der Waals surface area (Å²) >= 11 is 3.15. The maximum absolute atomic E-state index is 11.6. The molecule has 80 valence electrons. The maximum Gasteiger partial charge on any atom is 0.417 e. The molecule has 0 saturated carbocycles. The zero-order chi connectivity index (χ0) is 10.9. The smallest absolute Gasteiger partial charge is 0.417 e. The summed E-state index contributed by atoms with van der Waals surface area (Å²) in [5.41, 5.74) is 0. The molecule has 0 spiro atoms. The first-order chi connectivity index (χ1) is 6.45. The third-order valence-electron chi connectivity index (χ3n) is 2.25. The molecule has 1 fully saturated rings. The molecule has 5 heteroatoms. The van der Waals surface area contributed by atoms with Crippen molar-refractivity contribution in [3.63, 3.8) is 0 Å². The van der Waals surface area contributed by atoms with Crippen molar-refractivity contribution in [2.24, 2.45) is 5.92 Å². The van der Waals surface area contributed by atoms with Crippen LogP contribution in [0.1, 0.15) is 20.8 Å². The molecule has 0 aromatic carbocycles. The predicted octanol–water partition coefficient (Wildman–Crippen LogP) is 1.77. The molecule has 0 aromatic rings. The Hall–Kier alpha value is -0.580. The molecule has 0 radical (unpaired) electrons. The number of hydrogen-bond donors (Lipinski definition) is 0. The number of cyclic esters (lactones) is 1. The second kappa shape index (κ2) is 4.29. The number of alkyl halides is 1. The van der Waals surface area contributed by atoms with Crippen LogP contribution in [0.25, 0.3) is 0 Å². The first-order valence-electron chi connectivity index (χ1n) is 4.59. The van der Waals surface area contributed by atoms with Gasteiger partial charge in [-0.1, -0.05) is 29.8 Å². The van der Waals surface area contributed by atoms with E-state index in [0.29, 0.717) is 6.61 Å². The number of ether oxygens (including phenoxy) is 1. The molecule has 0 bridgehead atoms. The van der Waals surface area contributed by atoms with Gasteiger partial charge >= 0.3 is 6.09 Å². The minimum atomic E-state index is -0.528. The summed E-state index contributed by atoms with van der Waals surface area (Å²) < 4.78 is 4.86. The number of halogens is 1. The monoisotopic (exact) mass is 263 g/mol. The molecule has 1 saturated heterocycles. The molecule has 1 aliphatic rings. The predicted molar refractivity (Wildman–Crippen MR) is 55.2 cm³/mol. The summed E-state index contributed by atoms with van der Waals surface area (Å²) in [7, 11) is 0. The fourth-order valence-electron chi connectivity index (χ4n) is 1.37. The van der Waals surface area contributed by atoms with Crippen molar-refractivity contribution in [3.05, 3.63) is 0 Å². The second-order valence-electron chi connectivity index (χ2n) is 3.71. The Bertz CT molecular complexity index is 252. The van der Waals surface area contributed by atoms with Crippen molar-refractivity contribution in [2.45, 2.75) is 31.6 Å². The lowest BCUT2D eigenvalue weighted by molar-refractivity contribution is -0.128. The molecule has 0 aliphatic carbocycles. The van der Waals surface area contributed by atoms with E-state index in [4.69, 9.17) is 4.74 Å². The highest BCUT2D eigenvalue weighted by Gasteiger charge is 2.40. The molecule has 0 N–H and O–H groups in total. The molecule has 2 unspecified atom stereocenters. The van der Waals surface area contributed by atoms with Crippen molar-refractivity contribution in [1.29, 1.82) is 0 Å².